The Morgan fingerprint density at radius 1 is 1.33 bits per heavy atom. The predicted molar refractivity (Wildman–Crippen MR) is 72.2 cm³/mol. The Balaban J connectivity index is 3.15. The molecule has 0 unspecified atom stereocenters. The van der Waals surface area contributed by atoms with Crippen LogP contribution in [0.3, 0.4) is 0 Å². The molecule has 1 rings (SSSR count). The third-order valence-corrected chi connectivity index (χ3v) is 2.69. The summed E-state index contributed by atoms with van der Waals surface area (Å²) >= 11 is 11.3. The lowest BCUT2D eigenvalue weighted by Gasteiger charge is -2.22. The maximum Gasteiger partial charge on any atom is 0.294 e. The van der Waals surface area contributed by atoms with E-state index in [1.165, 1.54) is 12.1 Å². The zero-order valence-electron chi connectivity index (χ0n) is 9.47. The summed E-state index contributed by atoms with van der Waals surface area (Å²) in [4.78, 5) is 12.2. The van der Waals surface area contributed by atoms with Gasteiger partial charge in [-0.25, -0.2) is 0 Å². The fraction of sp³-hybridized carbons (Fsp3) is 0.400. The van der Waals surface area contributed by atoms with E-state index in [0.29, 0.717) is 30.5 Å². The summed E-state index contributed by atoms with van der Waals surface area (Å²) in [5.41, 5.74) is 2.45. The van der Waals surface area contributed by atoms with Crippen molar-refractivity contribution in [1.29, 1.82) is 0 Å². The van der Waals surface area contributed by atoms with Crippen molar-refractivity contribution in [3.05, 3.63) is 28.3 Å². The Morgan fingerprint density at radius 3 is 2.39 bits per heavy atom. The van der Waals surface area contributed by atoms with E-state index >= 15 is 0 Å². The molecule has 0 aliphatic heterocycles. The molecule has 100 valence electrons. The second-order valence-electron chi connectivity index (χ2n) is 3.44. The lowest BCUT2D eigenvalue weighted by Crippen LogP contribution is -2.28. The van der Waals surface area contributed by atoms with Gasteiger partial charge in [-0.05, 0) is 12.1 Å². The molecule has 0 aliphatic rings. The molecule has 2 N–H and O–H groups in total. The number of nitro groups is 1. The first-order chi connectivity index (χ1) is 8.63. The van der Waals surface area contributed by atoms with Gasteiger partial charge in [0.1, 0.15) is 5.69 Å². The van der Waals surface area contributed by atoms with Crippen molar-refractivity contribution in [1.82, 2.24) is 0 Å². The van der Waals surface area contributed by atoms with Crippen molar-refractivity contribution in [3.63, 3.8) is 0 Å². The monoisotopic (exact) mass is 293 g/mol. The van der Waals surface area contributed by atoms with Crippen molar-refractivity contribution in [3.8, 4) is 0 Å². The van der Waals surface area contributed by atoms with Gasteiger partial charge in [0.25, 0.3) is 5.69 Å². The van der Waals surface area contributed by atoms with Gasteiger partial charge in [-0.15, -0.1) is 23.2 Å². The number of nitrogens with zero attached hydrogens (tertiary/aromatic N) is 2. The highest BCUT2D eigenvalue weighted by Gasteiger charge is 2.19. The summed E-state index contributed by atoms with van der Waals surface area (Å²) in [5.74, 6) is 0.683. The molecule has 0 atom stereocenters. The maximum atomic E-state index is 11.0. The number of nitro benzene ring substituents is 1. The Bertz CT molecular complexity index is 411. The van der Waals surface area contributed by atoms with E-state index in [1.807, 2.05) is 5.48 Å². The number of anilines is 2. The van der Waals surface area contributed by atoms with E-state index in [1.54, 1.807) is 11.0 Å². The number of nitrogens with one attached hydrogen (secondary N) is 1. The van der Waals surface area contributed by atoms with Crippen molar-refractivity contribution in [2.45, 2.75) is 0 Å². The number of benzene rings is 1. The second-order valence-corrected chi connectivity index (χ2v) is 4.19. The van der Waals surface area contributed by atoms with Crippen LogP contribution in [-0.2, 0) is 0 Å². The SMILES string of the molecule is O=[N+]([O-])c1cc(NO)ccc1N(CCCl)CCCl. The highest BCUT2D eigenvalue weighted by Crippen LogP contribution is 2.31. The Morgan fingerprint density at radius 2 is 1.94 bits per heavy atom. The largest absolute Gasteiger partial charge is 0.364 e. The minimum absolute atomic E-state index is 0.107. The molecule has 0 spiro atoms. The fourth-order valence-corrected chi connectivity index (χ4v) is 1.97. The first kappa shape index (κ1) is 14.8. The molecule has 0 bridgehead atoms. The molecule has 1 aromatic rings. The molecule has 0 aliphatic carbocycles. The minimum Gasteiger partial charge on any atom is -0.364 e. The average molecular weight is 294 g/mol. The number of rotatable bonds is 7. The minimum atomic E-state index is -0.508. The van der Waals surface area contributed by atoms with Gasteiger partial charge in [0, 0.05) is 30.9 Å². The van der Waals surface area contributed by atoms with Gasteiger partial charge in [0.15, 0.2) is 0 Å². The van der Waals surface area contributed by atoms with Gasteiger partial charge in [0.05, 0.1) is 10.6 Å². The van der Waals surface area contributed by atoms with Crippen LogP contribution in [0.5, 0.6) is 0 Å². The van der Waals surface area contributed by atoms with Crippen LogP contribution in [0.1, 0.15) is 0 Å². The molecular formula is C10H13Cl2N3O3. The molecule has 0 saturated carbocycles. The first-order valence-corrected chi connectivity index (χ1v) is 6.26. The molecule has 18 heavy (non-hydrogen) atoms. The molecule has 0 amide bonds. The fourth-order valence-electron chi connectivity index (χ4n) is 1.56. The van der Waals surface area contributed by atoms with E-state index in [9.17, 15) is 10.1 Å². The molecule has 0 heterocycles. The summed E-state index contributed by atoms with van der Waals surface area (Å²) in [7, 11) is 0. The molecular weight excluding hydrogens is 281 g/mol. The molecule has 8 heteroatoms. The third-order valence-electron chi connectivity index (χ3n) is 2.35. The van der Waals surface area contributed by atoms with E-state index in [-0.39, 0.29) is 11.4 Å². The number of hydrogen-bond acceptors (Lipinski definition) is 5. The van der Waals surface area contributed by atoms with Crippen LogP contribution in [0.4, 0.5) is 17.1 Å². The Kier molecular flexibility index (Phi) is 5.97. The predicted octanol–water partition coefficient (Wildman–Crippen LogP) is 2.68. The summed E-state index contributed by atoms with van der Waals surface area (Å²) in [5, 5.41) is 19.8. The zero-order chi connectivity index (χ0) is 13.5. The van der Waals surface area contributed by atoms with Crippen LogP contribution >= 0.6 is 23.2 Å². The second kappa shape index (κ2) is 7.25. The van der Waals surface area contributed by atoms with Gasteiger partial charge in [-0.1, -0.05) is 0 Å². The normalized spacial score (nSPS) is 10.2. The van der Waals surface area contributed by atoms with E-state index < -0.39 is 4.92 Å². The van der Waals surface area contributed by atoms with Gasteiger partial charge in [-0.3, -0.25) is 20.8 Å². The van der Waals surface area contributed by atoms with Crippen molar-refractivity contribution in [2.75, 3.05) is 35.2 Å². The topological polar surface area (TPSA) is 78.6 Å². The van der Waals surface area contributed by atoms with E-state index in [2.05, 4.69) is 0 Å². The summed E-state index contributed by atoms with van der Waals surface area (Å²) in [6.45, 7) is 0.919. The molecule has 6 nitrogen and oxygen atoms in total. The first-order valence-electron chi connectivity index (χ1n) is 5.19. The summed E-state index contributed by atoms with van der Waals surface area (Å²) < 4.78 is 0. The number of hydrogen-bond donors (Lipinski definition) is 2. The van der Waals surface area contributed by atoms with E-state index in [0.717, 1.165) is 0 Å². The van der Waals surface area contributed by atoms with E-state index in [4.69, 9.17) is 28.4 Å². The van der Waals surface area contributed by atoms with Gasteiger partial charge >= 0.3 is 0 Å². The molecule has 0 aromatic heterocycles. The smallest absolute Gasteiger partial charge is 0.294 e. The van der Waals surface area contributed by atoms with Crippen LogP contribution < -0.4 is 10.4 Å². The van der Waals surface area contributed by atoms with Gasteiger partial charge in [-0.2, -0.15) is 0 Å². The zero-order valence-corrected chi connectivity index (χ0v) is 11.0. The lowest BCUT2D eigenvalue weighted by atomic mass is 10.2. The van der Waals surface area contributed by atoms with Crippen LogP contribution in [0.2, 0.25) is 0 Å². The van der Waals surface area contributed by atoms with Gasteiger partial charge in [0.2, 0.25) is 0 Å². The molecule has 0 fully saturated rings. The van der Waals surface area contributed by atoms with Crippen molar-refractivity contribution >= 4 is 40.3 Å². The number of halogens is 2. The third kappa shape index (κ3) is 3.63. The van der Waals surface area contributed by atoms with Crippen molar-refractivity contribution in [2.24, 2.45) is 0 Å². The molecule has 1 aromatic carbocycles. The maximum absolute atomic E-state index is 11.0. The summed E-state index contributed by atoms with van der Waals surface area (Å²) in [6, 6.07) is 4.35. The van der Waals surface area contributed by atoms with Crippen LogP contribution in [-0.4, -0.2) is 35.0 Å². The quantitative estimate of drug-likeness (QED) is 0.459. The Hall–Kier alpha value is -1.24. The van der Waals surface area contributed by atoms with Crippen LogP contribution in [0.25, 0.3) is 0 Å². The van der Waals surface area contributed by atoms with Crippen molar-refractivity contribution < 1.29 is 10.1 Å². The highest BCUT2D eigenvalue weighted by molar-refractivity contribution is 6.18. The number of alkyl halides is 2. The molecule has 0 saturated heterocycles. The lowest BCUT2D eigenvalue weighted by molar-refractivity contribution is -0.384. The standard InChI is InChI=1S/C10H13Cl2N3O3/c11-3-5-14(6-4-12)9-2-1-8(13-16)7-10(9)15(17)18/h1-2,7,13,16H,3-6H2. The average Bonchev–Trinajstić information content (AvgIpc) is 2.37. The molecule has 0 radical (unpaired) electrons. The highest BCUT2D eigenvalue weighted by atomic mass is 35.5. The van der Waals surface area contributed by atoms with Gasteiger partial charge < -0.3 is 4.90 Å². The Labute approximate surface area is 114 Å². The van der Waals surface area contributed by atoms with Crippen LogP contribution in [0, 0.1) is 10.1 Å². The summed E-state index contributed by atoms with van der Waals surface area (Å²) in [6.07, 6.45) is 0. The van der Waals surface area contributed by atoms with Crippen LogP contribution in [0.15, 0.2) is 18.2 Å².